The number of carbonyl (C=O) groups excluding carboxylic acids is 1. The van der Waals surface area contributed by atoms with E-state index < -0.39 is 0 Å². The van der Waals surface area contributed by atoms with E-state index in [1.807, 2.05) is 27.0 Å². The zero-order chi connectivity index (χ0) is 13.8. The number of ether oxygens (including phenoxy) is 1. The molecule has 0 bridgehead atoms. The van der Waals surface area contributed by atoms with E-state index >= 15 is 0 Å². The smallest absolute Gasteiger partial charge is 0.178 e. The number of likely N-dealkylation sites (N-methyl/N-ethyl adjacent to an activating group) is 1. The number of hydrogen-bond acceptors (Lipinski definition) is 3. The van der Waals surface area contributed by atoms with Crippen LogP contribution in [0.1, 0.15) is 34.6 Å². The number of rotatable bonds is 5. The lowest BCUT2D eigenvalue weighted by atomic mass is 10.0. The van der Waals surface area contributed by atoms with Gasteiger partial charge in [0.2, 0.25) is 0 Å². The number of aromatic nitrogens is 1. The standard InChI is InChI=1S/C15H24N2O2/c1-11-7-14(12(2)16-11)15(18)9-17(3)8-13-5-4-6-19-10-13/h7,13,16H,4-6,8-10H2,1-3H3. The first-order chi connectivity index (χ1) is 9.06. The molecule has 106 valence electrons. The number of carbonyl (C=O) groups is 1. The first-order valence-electron chi connectivity index (χ1n) is 7.02. The molecule has 1 aliphatic rings. The zero-order valence-electron chi connectivity index (χ0n) is 12.2. The molecule has 19 heavy (non-hydrogen) atoms. The predicted octanol–water partition coefficient (Wildman–Crippen LogP) is 2.17. The maximum atomic E-state index is 12.2. The van der Waals surface area contributed by atoms with Gasteiger partial charge in [-0.15, -0.1) is 0 Å². The molecule has 0 aliphatic carbocycles. The maximum absolute atomic E-state index is 12.2. The van der Waals surface area contributed by atoms with Crippen molar-refractivity contribution in [2.24, 2.45) is 5.92 Å². The molecule has 1 N–H and O–H groups in total. The van der Waals surface area contributed by atoms with Crippen molar-refractivity contribution >= 4 is 5.78 Å². The van der Waals surface area contributed by atoms with Gasteiger partial charge in [0, 0.05) is 30.1 Å². The van der Waals surface area contributed by atoms with Crippen molar-refractivity contribution in [3.8, 4) is 0 Å². The van der Waals surface area contributed by atoms with Crippen molar-refractivity contribution < 1.29 is 9.53 Å². The molecule has 1 saturated heterocycles. The minimum atomic E-state index is 0.195. The van der Waals surface area contributed by atoms with Crippen LogP contribution in [0.25, 0.3) is 0 Å². The molecule has 1 atom stereocenters. The highest BCUT2D eigenvalue weighted by molar-refractivity contribution is 5.98. The molecule has 1 aromatic rings. The highest BCUT2D eigenvalue weighted by Crippen LogP contribution is 2.15. The van der Waals surface area contributed by atoms with Crippen molar-refractivity contribution in [2.45, 2.75) is 26.7 Å². The van der Waals surface area contributed by atoms with Crippen LogP contribution >= 0.6 is 0 Å². The molecule has 0 saturated carbocycles. The van der Waals surface area contributed by atoms with Crippen LogP contribution in [-0.4, -0.2) is 49.0 Å². The lowest BCUT2D eigenvalue weighted by molar-refractivity contribution is 0.0416. The molecule has 2 rings (SSSR count). The van der Waals surface area contributed by atoms with Gasteiger partial charge in [-0.25, -0.2) is 0 Å². The SMILES string of the molecule is Cc1cc(C(=O)CN(C)CC2CCCOC2)c(C)[nH]1. The molecular weight excluding hydrogens is 240 g/mol. The van der Waals surface area contributed by atoms with Crippen molar-refractivity contribution in [1.29, 1.82) is 0 Å². The van der Waals surface area contributed by atoms with E-state index in [0.29, 0.717) is 12.5 Å². The Balaban J connectivity index is 1.86. The number of nitrogens with one attached hydrogen (secondary N) is 1. The van der Waals surface area contributed by atoms with Crippen LogP contribution in [0.5, 0.6) is 0 Å². The molecule has 1 fully saturated rings. The summed E-state index contributed by atoms with van der Waals surface area (Å²) < 4.78 is 5.48. The normalized spacial score (nSPS) is 19.9. The molecule has 1 aromatic heterocycles. The molecule has 1 aliphatic heterocycles. The third kappa shape index (κ3) is 3.91. The van der Waals surface area contributed by atoms with Crippen molar-refractivity contribution in [1.82, 2.24) is 9.88 Å². The van der Waals surface area contributed by atoms with Crippen LogP contribution in [0, 0.1) is 19.8 Å². The van der Waals surface area contributed by atoms with E-state index in [0.717, 1.165) is 43.1 Å². The highest BCUT2D eigenvalue weighted by Gasteiger charge is 2.19. The number of nitrogens with zero attached hydrogens (tertiary/aromatic N) is 1. The van der Waals surface area contributed by atoms with Crippen LogP contribution in [0.3, 0.4) is 0 Å². The number of H-pyrrole nitrogens is 1. The topological polar surface area (TPSA) is 45.3 Å². The summed E-state index contributed by atoms with van der Waals surface area (Å²) in [6, 6.07) is 1.94. The predicted molar refractivity (Wildman–Crippen MR) is 75.6 cm³/mol. The summed E-state index contributed by atoms with van der Waals surface area (Å²) in [6.07, 6.45) is 2.35. The van der Waals surface area contributed by atoms with Crippen molar-refractivity contribution in [3.63, 3.8) is 0 Å². The van der Waals surface area contributed by atoms with E-state index in [-0.39, 0.29) is 5.78 Å². The minimum Gasteiger partial charge on any atom is -0.381 e. The first-order valence-corrected chi connectivity index (χ1v) is 7.02. The lowest BCUT2D eigenvalue weighted by Gasteiger charge is -2.26. The molecule has 4 nitrogen and oxygen atoms in total. The molecular formula is C15H24N2O2. The fraction of sp³-hybridized carbons (Fsp3) is 0.667. The van der Waals surface area contributed by atoms with Gasteiger partial charge in [-0.3, -0.25) is 9.69 Å². The van der Waals surface area contributed by atoms with E-state index in [2.05, 4.69) is 9.88 Å². The number of ketones is 1. The summed E-state index contributed by atoms with van der Waals surface area (Å²) in [7, 11) is 2.02. The Hall–Kier alpha value is -1.13. The van der Waals surface area contributed by atoms with Gasteiger partial charge < -0.3 is 9.72 Å². The van der Waals surface area contributed by atoms with Gasteiger partial charge in [-0.1, -0.05) is 0 Å². The summed E-state index contributed by atoms with van der Waals surface area (Å²) in [5.74, 6) is 0.765. The van der Waals surface area contributed by atoms with Gasteiger partial charge in [-0.2, -0.15) is 0 Å². The molecule has 0 radical (unpaired) electrons. The molecule has 0 aromatic carbocycles. The van der Waals surface area contributed by atoms with E-state index in [9.17, 15) is 4.79 Å². The van der Waals surface area contributed by atoms with Crippen LogP contribution in [-0.2, 0) is 4.74 Å². The summed E-state index contributed by atoms with van der Waals surface area (Å²) in [6.45, 7) is 7.08. The number of hydrogen-bond donors (Lipinski definition) is 1. The highest BCUT2D eigenvalue weighted by atomic mass is 16.5. The van der Waals surface area contributed by atoms with E-state index in [1.165, 1.54) is 6.42 Å². The van der Waals surface area contributed by atoms with Crippen LogP contribution in [0.15, 0.2) is 6.07 Å². The Labute approximate surface area is 115 Å². The van der Waals surface area contributed by atoms with Crippen LogP contribution in [0.2, 0.25) is 0 Å². The van der Waals surface area contributed by atoms with Gasteiger partial charge in [0.1, 0.15) is 0 Å². The fourth-order valence-electron chi connectivity index (χ4n) is 2.80. The number of aromatic amines is 1. The Morgan fingerprint density at radius 1 is 1.53 bits per heavy atom. The second-order valence-corrected chi connectivity index (χ2v) is 5.69. The van der Waals surface area contributed by atoms with Gasteiger partial charge in [0.05, 0.1) is 13.2 Å². The number of aryl methyl sites for hydroxylation is 2. The Morgan fingerprint density at radius 2 is 2.32 bits per heavy atom. The van der Waals surface area contributed by atoms with E-state index in [4.69, 9.17) is 4.74 Å². The van der Waals surface area contributed by atoms with Gasteiger partial charge in [0.15, 0.2) is 5.78 Å². The lowest BCUT2D eigenvalue weighted by Crippen LogP contribution is -2.34. The summed E-state index contributed by atoms with van der Waals surface area (Å²) in [5.41, 5.74) is 2.84. The summed E-state index contributed by atoms with van der Waals surface area (Å²) in [4.78, 5) is 17.5. The first kappa shape index (κ1) is 14.3. The zero-order valence-corrected chi connectivity index (χ0v) is 12.2. The Kier molecular flexibility index (Phi) is 4.77. The molecule has 2 heterocycles. The summed E-state index contributed by atoms with van der Waals surface area (Å²) >= 11 is 0. The van der Waals surface area contributed by atoms with Gasteiger partial charge >= 0.3 is 0 Å². The van der Waals surface area contributed by atoms with E-state index in [1.54, 1.807) is 0 Å². The molecule has 1 unspecified atom stereocenters. The Morgan fingerprint density at radius 3 is 2.89 bits per heavy atom. The van der Waals surface area contributed by atoms with Gasteiger partial charge in [0.25, 0.3) is 0 Å². The quantitative estimate of drug-likeness (QED) is 0.829. The minimum absolute atomic E-state index is 0.195. The van der Waals surface area contributed by atoms with Crippen LogP contribution < -0.4 is 0 Å². The number of Topliss-reactive ketones (excluding diaryl/α,β-unsaturated/α-hetero) is 1. The fourth-order valence-corrected chi connectivity index (χ4v) is 2.80. The monoisotopic (exact) mass is 264 g/mol. The van der Waals surface area contributed by atoms with Crippen LogP contribution in [0.4, 0.5) is 0 Å². The molecule has 0 spiro atoms. The second-order valence-electron chi connectivity index (χ2n) is 5.69. The third-order valence-corrected chi connectivity index (χ3v) is 3.69. The summed E-state index contributed by atoms with van der Waals surface area (Å²) in [5, 5.41) is 0. The molecule has 4 heteroatoms. The second kappa shape index (κ2) is 6.35. The largest absolute Gasteiger partial charge is 0.381 e. The van der Waals surface area contributed by atoms with Crippen molar-refractivity contribution in [3.05, 3.63) is 23.0 Å². The average molecular weight is 264 g/mol. The average Bonchev–Trinajstić information content (AvgIpc) is 2.69. The third-order valence-electron chi connectivity index (χ3n) is 3.69. The Bertz CT molecular complexity index is 433. The van der Waals surface area contributed by atoms with Gasteiger partial charge in [-0.05, 0) is 45.7 Å². The van der Waals surface area contributed by atoms with Crippen molar-refractivity contribution in [2.75, 3.05) is 33.4 Å². The molecule has 0 amide bonds. The maximum Gasteiger partial charge on any atom is 0.178 e.